The number of rotatable bonds is 3. The molecule has 100 valence electrons. The highest BCUT2D eigenvalue weighted by atomic mass is 35.5. The molecule has 0 fully saturated rings. The molecule has 2 nitrogen and oxygen atoms in total. The minimum Gasteiger partial charge on any atom is -0.271 e. The van der Waals surface area contributed by atoms with Gasteiger partial charge in [0.2, 0.25) is 0 Å². The summed E-state index contributed by atoms with van der Waals surface area (Å²) in [6.07, 6.45) is 0. The van der Waals surface area contributed by atoms with Crippen molar-refractivity contribution in [3.63, 3.8) is 0 Å². The van der Waals surface area contributed by atoms with Crippen LogP contribution in [0.4, 0.5) is 4.39 Å². The zero-order valence-corrected chi connectivity index (χ0v) is 11.6. The van der Waals surface area contributed by atoms with Gasteiger partial charge in [-0.25, -0.2) is 9.82 Å². The summed E-state index contributed by atoms with van der Waals surface area (Å²) in [5.41, 5.74) is 6.30. The summed E-state index contributed by atoms with van der Waals surface area (Å²) in [7, 11) is 0. The lowest BCUT2D eigenvalue weighted by atomic mass is 9.96. The average Bonchev–Trinajstić information content (AvgIpc) is 2.33. The Morgan fingerprint density at radius 1 is 1.11 bits per heavy atom. The van der Waals surface area contributed by atoms with Crippen LogP contribution in [0.25, 0.3) is 0 Å². The lowest BCUT2D eigenvalue weighted by Crippen LogP contribution is -2.29. The monoisotopic (exact) mass is 278 g/mol. The van der Waals surface area contributed by atoms with Crippen molar-refractivity contribution in [3.8, 4) is 0 Å². The molecule has 0 spiro atoms. The van der Waals surface area contributed by atoms with E-state index in [4.69, 9.17) is 17.4 Å². The van der Waals surface area contributed by atoms with Gasteiger partial charge in [0.15, 0.2) is 0 Å². The molecule has 1 atom stereocenters. The minimum atomic E-state index is -0.263. The molecule has 0 heterocycles. The summed E-state index contributed by atoms with van der Waals surface area (Å²) in [5, 5.41) is 0.704. The second kappa shape index (κ2) is 5.70. The first-order valence-corrected chi connectivity index (χ1v) is 6.38. The van der Waals surface area contributed by atoms with Gasteiger partial charge >= 0.3 is 0 Å². The van der Waals surface area contributed by atoms with E-state index in [2.05, 4.69) is 5.43 Å². The van der Waals surface area contributed by atoms with Crippen LogP contribution < -0.4 is 11.3 Å². The van der Waals surface area contributed by atoms with Crippen LogP contribution in [0, 0.1) is 19.7 Å². The van der Waals surface area contributed by atoms with E-state index in [0.717, 1.165) is 22.3 Å². The van der Waals surface area contributed by atoms with E-state index in [9.17, 15) is 4.39 Å². The summed E-state index contributed by atoms with van der Waals surface area (Å²) < 4.78 is 13.5. The third-order valence-electron chi connectivity index (χ3n) is 3.08. The maximum atomic E-state index is 13.5. The van der Waals surface area contributed by atoms with E-state index >= 15 is 0 Å². The zero-order chi connectivity index (χ0) is 14.0. The van der Waals surface area contributed by atoms with Crippen molar-refractivity contribution in [2.75, 3.05) is 0 Å². The number of halogens is 2. The molecule has 0 bridgehead atoms. The van der Waals surface area contributed by atoms with Crippen molar-refractivity contribution < 1.29 is 4.39 Å². The molecule has 2 rings (SSSR count). The van der Waals surface area contributed by atoms with Gasteiger partial charge < -0.3 is 0 Å². The molecule has 4 heteroatoms. The standard InChI is InChI=1S/C15H16ClFN2/c1-9-5-12(8-13(17)6-9)15(19-18)11-3-4-14(16)10(2)7-11/h3-8,15,19H,18H2,1-2H3. The van der Waals surface area contributed by atoms with Crippen molar-refractivity contribution in [3.05, 3.63) is 69.5 Å². The SMILES string of the molecule is Cc1cc(F)cc(C(NN)c2ccc(Cl)c(C)c2)c1. The smallest absolute Gasteiger partial charge is 0.123 e. The van der Waals surface area contributed by atoms with Crippen LogP contribution in [0.2, 0.25) is 5.02 Å². The van der Waals surface area contributed by atoms with E-state index in [0.29, 0.717) is 5.02 Å². The fourth-order valence-corrected chi connectivity index (χ4v) is 2.28. The molecular formula is C15H16ClFN2. The summed E-state index contributed by atoms with van der Waals surface area (Å²) in [6, 6.07) is 10.3. The van der Waals surface area contributed by atoms with Crippen molar-refractivity contribution in [1.82, 2.24) is 5.43 Å². The number of nitrogens with one attached hydrogen (secondary N) is 1. The molecule has 0 aliphatic carbocycles. The number of hydrazine groups is 1. The molecule has 19 heavy (non-hydrogen) atoms. The van der Waals surface area contributed by atoms with Crippen molar-refractivity contribution >= 4 is 11.6 Å². The molecule has 2 aromatic carbocycles. The van der Waals surface area contributed by atoms with Crippen LogP contribution in [0.1, 0.15) is 28.3 Å². The van der Waals surface area contributed by atoms with Crippen molar-refractivity contribution in [2.24, 2.45) is 5.84 Å². The fourth-order valence-electron chi connectivity index (χ4n) is 2.16. The van der Waals surface area contributed by atoms with Gasteiger partial charge in [-0.15, -0.1) is 0 Å². The topological polar surface area (TPSA) is 38.0 Å². The van der Waals surface area contributed by atoms with Gasteiger partial charge in [0.05, 0.1) is 6.04 Å². The van der Waals surface area contributed by atoms with Gasteiger partial charge in [-0.2, -0.15) is 0 Å². The van der Waals surface area contributed by atoms with Crippen LogP contribution in [0.5, 0.6) is 0 Å². The first-order chi connectivity index (χ1) is 9.01. The Morgan fingerprint density at radius 2 is 1.84 bits per heavy atom. The van der Waals surface area contributed by atoms with Gasteiger partial charge in [-0.05, 0) is 54.3 Å². The number of hydrogen-bond donors (Lipinski definition) is 2. The normalized spacial score (nSPS) is 12.5. The number of benzene rings is 2. The Bertz CT molecular complexity index is 578. The largest absolute Gasteiger partial charge is 0.271 e. The predicted molar refractivity (Wildman–Crippen MR) is 76.5 cm³/mol. The van der Waals surface area contributed by atoms with E-state index in [1.54, 1.807) is 0 Å². The van der Waals surface area contributed by atoms with E-state index in [1.165, 1.54) is 12.1 Å². The lowest BCUT2D eigenvalue weighted by Gasteiger charge is -2.18. The van der Waals surface area contributed by atoms with Gasteiger partial charge in [-0.1, -0.05) is 29.8 Å². The second-order valence-corrected chi connectivity index (χ2v) is 5.08. The molecule has 2 aromatic rings. The molecule has 0 saturated carbocycles. The lowest BCUT2D eigenvalue weighted by molar-refractivity contribution is 0.604. The summed E-state index contributed by atoms with van der Waals surface area (Å²) in [4.78, 5) is 0. The highest BCUT2D eigenvalue weighted by molar-refractivity contribution is 6.31. The molecule has 0 radical (unpaired) electrons. The maximum Gasteiger partial charge on any atom is 0.123 e. The van der Waals surface area contributed by atoms with Gasteiger partial charge in [0.1, 0.15) is 5.82 Å². The molecule has 0 saturated heterocycles. The third-order valence-corrected chi connectivity index (χ3v) is 3.50. The Labute approximate surface area is 117 Å². The second-order valence-electron chi connectivity index (χ2n) is 4.67. The maximum absolute atomic E-state index is 13.5. The average molecular weight is 279 g/mol. The van der Waals surface area contributed by atoms with E-state index in [1.807, 2.05) is 38.1 Å². The van der Waals surface area contributed by atoms with Crippen LogP contribution in [0.15, 0.2) is 36.4 Å². The van der Waals surface area contributed by atoms with Gasteiger partial charge in [-0.3, -0.25) is 5.84 Å². The molecular weight excluding hydrogens is 263 g/mol. The molecule has 3 N–H and O–H groups in total. The summed E-state index contributed by atoms with van der Waals surface area (Å²) >= 11 is 6.01. The Morgan fingerprint density at radius 3 is 2.42 bits per heavy atom. The van der Waals surface area contributed by atoms with Crippen molar-refractivity contribution in [1.29, 1.82) is 0 Å². The van der Waals surface area contributed by atoms with Gasteiger partial charge in [0.25, 0.3) is 0 Å². The van der Waals surface area contributed by atoms with Crippen LogP contribution in [-0.2, 0) is 0 Å². The Balaban J connectivity index is 2.46. The van der Waals surface area contributed by atoms with Gasteiger partial charge in [0, 0.05) is 5.02 Å². The van der Waals surface area contributed by atoms with Crippen LogP contribution in [-0.4, -0.2) is 0 Å². The van der Waals surface area contributed by atoms with Crippen LogP contribution in [0.3, 0.4) is 0 Å². The summed E-state index contributed by atoms with van der Waals surface area (Å²) in [6.45, 7) is 3.78. The predicted octanol–water partition coefficient (Wildman–Crippen LogP) is 3.65. The molecule has 0 amide bonds. The number of nitrogens with two attached hydrogens (primary N) is 1. The molecule has 0 aromatic heterocycles. The van der Waals surface area contributed by atoms with Crippen molar-refractivity contribution in [2.45, 2.75) is 19.9 Å². The molecule has 0 aliphatic rings. The number of aryl methyl sites for hydroxylation is 2. The highest BCUT2D eigenvalue weighted by Gasteiger charge is 2.14. The first-order valence-electron chi connectivity index (χ1n) is 6.00. The van der Waals surface area contributed by atoms with Crippen LogP contribution >= 0.6 is 11.6 Å². The first kappa shape index (κ1) is 14.0. The molecule has 1 unspecified atom stereocenters. The minimum absolute atomic E-state index is 0.259. The Hall–Kier alpha value is -1.42. The third kappa shape index (κ3) is 3.13. The Kier molecular flexibility index (Phi) is 4.20. The molecule has 0 aliphatic heterocycles. The van der Waals surface area contributed by atoms with E-state index in [-0.39, 0.29) is 11.9 Å². The summed E-state index contributed by atoms with van der Waals surface area (Å²) in [5.74, 6) is 5.36. The zero-order valence-electron chi connectivity index (χ0n) is 10.9. The highest BCUT2D eigenvalue weighted by Crippen LogP contribution is 2.26. The van der Waals surface area contributed by atoms with E-state index < -0.39 is 0 Å². The number of hydrogen-bond acceptors (Lipinski definition) is 2. The fraction of sp³-hybridized carbons (Fsp3) is 0.200. The quantitative estimate of drug-likeness (QED) is 0.664.